The minimum Gasteiger partial charge on any atom is -0.368 e. The Morgan fingerprint density at radius 1 is 1.20 bits per heavy atom. The van der Waals surface area contributed by atoms with Crippen LogP contribution in [0.25, 0.3) is 10.9 Å². The first kappa shape index (κ1) is 18.7. The largest absolute Gasteiger partial charge is 0.368 e. The maximum Gasteiger partial charge on any atom is 0.261 e. The third kappa shape index (κ3) is 3.12. The molecule has 1 atom stereocenters. The van der Waals surface area contributed by atoms with E-state index in [9.17, 15) is 9.59 Å². The van der Waals surface area contributed by atoms with Crippen LogP contribution >= 0.6 is 0 Å². The number of aromatic nitrogens is 4. The van der Waals surface area contributed by atoms with E-state index < -0.39 is 0 Å². The number of hydrogen-bond donors (Lipinski definition) is 1. The molecule has 8 nitrogen and oxygen atoms in total. The summed E-state index contributed by atoms with van der Waals surface area (Å²) in [4.78, 5) is 40.6. The van der Waals surface area contributed by atoms with E-state index in [1.165, 1.54) is 10.9 Å². The number of rotatable bonds is 3. The van der Waals surface area contributed by atoms with Gasteiger partial charge in [-0.05, 0) is 43.4 Å². The summed E-state index contributed by atoms with van der Waals surface area (Å²) in [5, 5.41) is 0.573. The van der Waals surface area contributed by atoms with Crippen LogP contribution in [-0.4, -0.2) is 43.4 Å². The van der Waals surface area contributed by atoms with Crippen LogP contribution in [0.2, 0.25) is 0 Å². The number of carbonyl (C=O) groups excluding carboxylic acids is 1. The molecular weight excluding hydrogens is 380 g/mol. The van der Waals surface area contributed by atoms with Crippen molar-refractivity contribution in [3.05, 3.63) is 58.4 Å². The number of likely N-dealkylation sites (tertiary alicyclic amines) is 1. The first-order chi connectivity index (χ1) is 14.6. The fourth-order valence-corrected chi connectivity index (χ4v) is 4.94. The van der Waals surface area contributed by atoms with Gasteiger partial charge in [0.05, 0.1) is 22.9 Å². The summed E-state index contributed by atoms with van der Waals surface area (Å²) in [6.45, 7) is 1.71. The Balaban J connectivity index is 1.31. The number of aryl methyl sites for hydroxylation is 2. The fourth-order valence-electron chi connectivity index (χ4n) is 4.94. The average molecular weight is 404 g/mol. The second-order valence-electron chi connectivity index (χ2n) is 8.31. The summed E-state index contributed by atoms with van der Waals surface area (Å²) in [5.74, 6) is 0.353. The van der Waals surface area contributed by atoms with Gasteiger partial charge in [0, 0.05) is 37.7 Å². The van der Waals surface area contributed by atoms with Gasteiger partial charge >= 0.3 is 0 Å². The predicted molar refractivity (Wildman–Crippen MR) is 113 cm³/mol. The van der Waals surface area contributed by atoms with Gasteiger partial charge < -0.3 is 10.6 Å². The molecule has 1 aliphatic carbocycles. The summed E-state index contributed by atoms with van der Waals surface area (Å²) >= 11 is 0. The molecule has 0 bridgehead atoms. The monoisotopic (exact) mass is 404 g/mol. The van der Waals surface area contributed by atoms with Gasteiger partial charge in [0.2, 0.25) is 11.9 Å². The molecule has 154 valence electrons. The van der Waals surface area contributed by atoms with Crippen LogP contribution in [0.5, 0.6) is 0 Å². The topological polar surface area (TPSA) is 107 Å². The van der Waals surface area contributed by atoms with Crippen molar-refractivity contribution < 1.29 is 4.79 Å². The molecule has 1 spiro atoms. The third-order valence-electron chi connectivity index (χ3n) is 6.49. The minimum atomic E-state index is -0.123. The molecule has 1 amide bonds. The average Bonchev–Trinajstić information content (AvgIpc) is 3.10. The lowest BCUT2D eigenvalue weighted by molar-refractivity contribution is -0.133. The van der Waals surface area contributed by atoms with Gasteiger partial charge in [-0.3, -0.25) is 14.2 Å². The van der Waals surface area contributed by atoms with Crippen molar-refractivity contribution in [2.24, 2.45) is 0 Å². The molecule has 1 aromatic carbocycles. The molecule has 0 saturated carbocycles. The zero-order chi connectivity index (χ0) is 20.7. The molecule has 2 aromatic heterocycles. The molecule has 5 rings (SSSR count). The molecule has 2 N–H and O–H groups in total. The van der Waals surface area contributed by atoms with E-state index in [0.29, 0.717) is 29.9 Å². The van der Waals surface area contributed by atoms with Crippen LogP contribution in [0.4, 0.5) is 5.95 Å². The quantitative estimate of drug-likeness (QED) is 0.712. The number of amides is 1. The van der Waals surface area contributed by atoms with Crippen molar-refractivity contribution in [3.8, 4) is 0 Å². The maximum atomic E-state index is 13.0. The van der Waals surface area contributed by atoms with Gasteiger partial charge in [-0.25, -0.2) is 15.0 Å². The summed E-state index contributed by atoms with van der Waals surface area (Å²) in [7, 11) is 0. The number of carbonyl (C=O) groups is 1. The summed E-state index contributed by atoms with van der Waals surface area (Å²) < 4.78 is 1.53. The summed E-state index contributed by atoms with van der Waals surface area (Å²) in [6.07, 6.45) is 7.47. The van der Waals surface area contributed by atoms with Crippen LogP contribution in [0, 0.1) is 0 Å². The number of nitrogen functional groups attached to an aromatic ring is 1. The molecule has 3 heterocycles. The highest BCUT2D eigenvalue weighted by atomic mass is 16.2. The second kappa shape index (κ2) is 7.19. The number of fused-ring (bicyclic) bond motifs is 3. The highest BCUT2D eigenvalue weighted by molar-refractivity contribution is 5.78. The SMILES string of the molecule is Nc1ncc2c(n1)C1(CCCN(C(=O)CCn3cnc4ccccc4c3=O)C1)CC2. The van der Waals surface area contributed by atoms with Gasteiger partial charge in [0.15, 0.2) is 0 Å². The lowest BCUT2D eigenvalue weighted by Crippen LogP contribution is -2.48. The fraction of sp³-hybridized carbons (Fsp3) is 0.409. The normalized spacial score (nSPS) is 20.6. The number of nitrogens with zero attached hydrogens (tertiary/aromatic N) is 5. The first-order valence-corrected chi connectivity index (χ1v) is 10.4. The van der Waals surface area contributed by atoms with Crippen LogP contribution in [-0.2, 0) is 23.2 Å². The van der Waals surface area contributed by atoms with Crippen LogP contribution in [0.3, 0.4) is 0 Å². The summed E-state index contributed by atoms with van der Waals surface area (Å²) in [6, 6.07) is 7.26. The van der Waals surface area contributed by atoms with E-state index in [2.05, 4.69) is 15.0 Å². The lowest BCUT2D eigenvalue weighted by atomic mass is 9.77. The van der Waals surface area contributed by atoms with Crippen molar-refractivity contribution in [3.63, 3.8) is 0 Å². The Hall–Kier alpha value is -3.29. The van der Waals surface area contributed by atoms with Crippen molar-refractivity contribution in [2.45, 2.75) is 44.1 Å². The number of anilines is 1. The van der Waals surface area contributed by atoms with E-state index in [1.54, 1.807) is 6.07 Å². The molecule has 3 aromatic rings. The number of benzene rings is 1. The van der Waals surface area contributed by atoms with E-state index in [1.807, 2.05) is 29.3 Å². The molecule has 1 unspecified atom stereocenters. The predicted octanol–water partition coefficient (Wildman–Crippen LogP) is 1.67. The Morgan fingerprint density at radius 3 is 2.97 bits per heavy atom. The molecule has 1 saturated heterocycles. The van der Waals surface area contributed by atoms with Crippen molar-refractivity contribution in [2.75, 3.05) is 18.8 Å². The number of piperidine rings is 1. The highest BCUT2D eigenvalue weighted by Crippen LogP contribution is 2.44. The first-order valence-electron chi connectivity index (χ1n) is 10.4. The van der Waals surface area contributed by atoms with Crippen molar-refractivity contribution >= 4 is 22.8 Å². The van der Waals surface area contributed by atoms with Crippen LogP contribution < -0.4 is 11.3 Å². The molecule has 1 fully saturated rings. The van der Waals surface area contributed by atoms with Gasteiger partial charge in [-0.15, -0.1) is 0 Å². The van der Waals surface area contributed by atoms with Gasteiger partial charge in [0.25, 0.3) is 5.56 Å². The minimum absolute atomic E-state index is 0.0598. The van der Waals surface area contributed by atoms with Crippen molar-refractivity contribution in [1.82, 2.24) is 24.4 Å². The Bertz CT molecular complexity index is 1190. The zero-order valence-electron chi connectivity index (χ0n) is 16.8. The third-order valence-corrected chi connectivity index (χ3v) is 6.49. The Morgan fingerprint density at radius 2 is 2.07 bits per heavy atom. The van der Waals surface area contributed by atoms with Crippen LogP contribution in [0.15, 0.2) is 41.6 Å². The number of hydrogen-bond acceptors (Lipinski definition) is 6. The van der Waals surface area contributed by atoms with Gasteiger partial charge in [-0.1, -0.05) is 12.1 Å². The standard InChI is InChI=1S/C22H24N6O2/c23-21-24-12-15-6-9-22(19(15)26-21)8-3-10-27(13-22)18(29)7-11-28-14-25-17-5-2-1-4-16(17)20(28)30/h1-2,4-5,12,14H,3,6-11,13H2,(H2,23,24,26). The van der Waals surface area contributed by atoms with Gasteiger partial charge in [0.1, 0.15) is 0 Å². The van der Waals surface area contributed by atoms with E-state index in [0.717, 1.165) is 43.5 Å². The van der Waals surface area contributed by atoms with E-state index in [-0.39, 0.29) is 23.3 Å². The highest BCUT2D eigenvalue weighted by Gasteiger charge is 2.44. The van der Waals surface area contributed by atoms with E-state index >= 15 is 0 Å². The number of para-hydroxylation sites is 1. The molecule has 0 radical (unpaired) electrons. The summed E-state index contributed by atoms with van der Waals surface area (Å²) in [5.41, 5.74) is 8.44. The van der Waals surface area contributed by atoms with Gasteiger partial charge in [-0.2, -0.15) is 0 Å². The van der Waals surface area contributed by atoms with E-state index in [4.69, 9.17) is 5.73 Å². The maximum absolute atomic E-state index is 13.0. The molecular formula is C22H24N6O2. The smallest absolute Gasteiger partial charge is 0.261 e. The van der Waals surface area contributed by atoms with Crippen LogP contribution in [0.1, 0.15) is 36.9 Å². The molecule has 2 aliphatic rings. The molecule has 1 aliphatic heterocycles. The molecule has 8 heteroatoms. The molecule has 30 heavy (non-hydrogen) atoms. The Kier molecular flexibility index (Phi) is 4.49. The number of nitrogens with two attached hydrogens (primary N) is 1. The Labute approximate surface area is 173 Å². The van der Waals surface area contributed by atoms with Crippen molar-refractivity contribution in [1.29, 1.82) is 0 Å². The zero-order valence-corrected chi connectivity index (χ0v) is 16.8. The lowest BCUT2D eigenvalue weighted by Gasteiger charge is -2.40. The second-order valence-corrected chi connectivity index (χ2v) is 8.31.